The smallest absolute Gasteiger partial charge is 0.263 e. The van der Waals surface area contributed by atoms with Crippen LogP contribution in [0.25, 0.3) is 0 Å². The average Bonchev–Trinajstić information content (AvgIpc) is 3.17. The van der Waals surface area contributed by atoms with Gasteiger partial charge in [0.15, 0.2) is 5.13 Å². The molecule has 0 unspecified atom stereocenters. The zero-order valence-electron chi connectivity index (χ0n) is 15.5. The van der Waals surface area contributed by atoms with Crippen LogP contribution in [0.4, 0.5) is 10.8 Å². The highest BCUT2D eigenvalue weighted by molar-refractivity contribution is 7.93. The van der Waals surface area contributed by atoms with Crippen LogP contribution in [-0.2, 0) is 27.8 Å². The molecular formula is C18H19N5O4S2. The number of carbonyl (C=O) groups is 1. The minimum absolute atomic E-state index is 0.0395. The molecule has 0 fully saturated rings. The summed E-state index contributed by atoms with van der Waals surface area (Å²) in [5.74, 6) is -0.423. The lowest BCUT2D eigenvalue weighted by molar-refractivity contribution is -0.116. The number of rotatable bonds is 8. The third kappa shape index (κ3) is 5.48. The first-order chi connectivity index (χ1) is 13.9. The van der Waals surface area contributed by atoms with E-state index in [9.17, 15) is 18.0 Å². The van der Waals surface area contributed by atoms with E-state index in [2.05, 4.69) is 20.0 Å². The maximum Gasteiger partial charge on any atom is 0.263 e. The van der Waals surface area contributed by atoms with Crippen molar-refractivity contribution in [2.75, 3.05) is 10.0 Å². The number of anilines is 2. The number of sulfonamides is 1. The summed E-state index contributed by atoms with van der Waals surface area (Å²) < 4.78 is 28.2. The van der Waals surface area contributed by atoms with Gasteiger partial charge in [-0.25, -0.2) is 18.4 Å². The molecule has 0 spiro atoms. The monoisotopic (exact) mass is 433 g/mol. The van der Waals surface area contributed by atoms with Crippen LogP contribution in [0.15, 0.2) is 57.9 Å². The van der Waals surface area contributed by atoms with Crippen LogP contribution in [0.2, 0.25) is 0 Å². The Morgan fingerprint density at radius 1 is 1.21 bits per heavy atom. The lowest BCUT2D eigenvalue weighted by atomic mass is 10.2. The Labute approximate surface area is 171 Å². The zero-order chi connectivity index (χ0) is 20.9. The number of amides is 1. The number of hydrogen-bond donors (Lipinski definition) is 2. The Hall–Kier alpha value is -3.05. The van der Waals surface area contributed by atoms with Gasteiger partial charge in [0.05, 0.1) is 11.2 Å². The summed E-state index contributed by atoms with van der Waals surface area (Å²) in [5, 5.41) is 4.56. The number of carbonyl (C=O) groups excluding carboxylic acids is 1. The highest BCUT2D eigenvalue weighted by atomic mass is 32.2. The Morgan fingerprint density at radius 3 is 2.59 bits per heavy atom. The van der Waals surface area contributed by atoms with Gasteiger partial charge < -0.3 is 5.32 Å². The van der Waals surface area contributed by atoms with Gasteiger partial charge >= 0.3 is 0 Å². The molecule has 0 aliphatic carbocycles. The van der Waals surface area contributed by atoms with E-state index in [0.29, 0.717) is 17.8 Å². The first kappa shape index (κ1) is 20.7. The number of benzene rings is 1. The molecule has 2 heterocycles. The molecule has 3 aromatic rings. The van der Waals surface area contributed by atoms with Crippen molar-refractivity contribution >= 4 is 38.1 Å². The van der Waals surface area contributed by atoms with E-state index < -0.39 is 15.9 Å². The minimum Gasteiger partial charge on any atom is -0.325 e. The van der Waals surface area contributed by atoms with Crippen LogP contribution in [-0.4, -0.2) is 28.9 Å². The molecule has 3 rings (SSSR count). The normalized spacial score (nSPS) is 11.2. The number of nitrogens with one attached hydrogen (secondary N) is 2. The summed E-state index contributed by atoms with van der Waals surface area (Å²) in [4.78, 5) is 32.3. The molecule has 29 heavy (non-hydrogen) atoms. The fourth-order valence-electron chi connectivity index (χ4n) is 2.50. The second-order valence-electron chi connectivity index (χ2n) is 6.11. The fourth-order valence-corrected chi connectivity index (χ4v) is 4.28. The highest BCUT2D eigenvalue weighted by Gasteiger charge is 2.15. The third-order valence-electron chi connectivity index (χ3n) is 3.86. The van der Waals surface area contributed by atoms with Gasteiger partial charge in [0.25, 0.3) is 15.6 Å². The highest BCUT2D eigenvalue weighted by Crippen LogP contribution is 2.19. The van der Waals surface area contributed by atoms with Gasteiger partial charge in [-0.1, -0.05) is 13.3 Å². The molecule has 152 valence electrons. The van der Waals surface area contributed by atoms with Crippen molar-refractivity contribution in [2.24, 2.45) is 0 Å². The van der Waals surface area contributed by atoms with Crippen LogP contribution in [0.5, 0.6) is 0 Å². The van der Waals surface area contributed by atoms with Gasteiger partial charge in [0.2, 0.25) is 5.91 Å². The lowest BCUT2D eigenvalue weighted by Crippen LogP contribution is -2.27. The minimum atomic E-state index is -3.76. The van der Waals surface area contributed by atoms with E-state index in [1.807, 2.05) is 6.92 Å². The van der Waals surface area contributed by atoms with Crippen molar-refractivity contribution in [3.8, 4) is 0 Å². The summed E-state index contributed by atoms with van der Waals surface area (Å²) in [6.07, 6.45) is 4.43. The molecule has 0 aliphatic rings. The maximum atomic E-state index is 12.3. The second kappa shape index (κ2) is 8.97. The first-order valence-electron chi connectivity index (χ1n) is 8.75. The van der Waals surface area contributed by atoms with Gasteiger partial charge in [-0.2, -0.15) is 0 Å². The second-order valence-corrected chi connectivity index (χ2v) is 8.69. The van der Waals surface area contributed by atoms with E-state index in [4.69, 9.17) is 0 Å². The van der Waals surface area contributed by atoms with Crippen LogP contribution in [0, 0.1) is 0 Å². The molecule has 0 aliphatic heterocycles. The molecule has 0 saturated carbocycles. The predicted molar refractivity (Wildman–Crippen MR) is 110 cm³/mol. The molecule has 1 aromatic carbocycles. The molecule has 11 heteroatoms. The quantitative estimate of drug-likeness (QED) is 0.561. The molecule has 2 N–H and O–H groups in total. The zero-order valence-corrected chi connectivity index (χ0v) is 17.2. The lowest BCUT2D eigenvalue weighted by Gasteiger charge is -2.09. The first-order valence-corrected chi connectivity index (χ1v) is 11.1. The summed E-state index contributed by atoms with van der Waals surface area (Å²) >= 11 is 1.17. The largest absolute Gasteiger partial charge is 0.325 e. The standard InChI is InChI=1S/C18H19N5O4S2/c1-2-3-14-10-17(25)23(12-20-14)11-16(24)21-13-4-6-15(7-5-13)29(26,27)22-18-19-8-9-28-18/h4-10,12H,2-3,11H2,1H3,(H,19,22)(H,21,24). The molecule has 9 nitrogen and oxygen atoms in total. The van der Waals surface area contributed by atoms with Crippen LogP contribution >= 0.6 is 11.3 Å². The molecule has 0 atom stereocenters. The summed E-state index contributed by atoms with van der Waals surface area (Å²) in [7, 11) is -3.76. The summed E-state index contributed by atoms with van der Waals surface area (Å²) in [6.45, 7) is 1.80. The fraction of sp³-hybridized carbons (Fsp3) is 0.222. The third-order valence-corrected chi connectivity index (χ3v) is 6.03. The van der Waals surface area contributed by atoms with Crippen molar-refractivity contribution in [2.45, 2.75) is 31.2 Å². The Kier molecular flexibility index (Phi) is 6.39. The van der Waals surface area contributed by atoms with Gasteiger partial charge in [-0.15, -0.1) is 11.3 Å². The van der Waals surface area contributed by atoms with E-state index in [-0.39, 0.29) is 22.1 Å². The predicted octanol–water partition coefficient (Wildman–Crippen LogP) is 2.09. The Morgan fingerprint density at radius 2 is 1.97 bits per heavy atom. The van der Waals surface area contributed by atoms with Crippen LogP contribution in [0.3, 0.4) is 0 Å². The number of nitrogens with zero attached hydrogens (tertiary/aromatic N) is 3. The van der Waals surface area contributed by atoms with Crippen molar-refractivity contribution in [3.63, 3.8) is 0 Å². The van der Waals surface area contributed by atoms with Crippen LogP contribution in [0.1, 0.15) is 19.0 Å². The molecule has 0 radical (unpaired) electrons. The Bertz CT molecular complexity index is 1140. The molecule has 2 aromatic heterocycles. The van der Waals surface area contributed by atoms with E-state index in [1.54, 1.807) is 5.38 Å². The topological polar surface area (TPSA) is 123 Å². The maximum absolute atomic E-state index is 12.3. The molecular weight excluding hydrogens is 414 g/mol. The molecule has 1 amide bonds. The van der Waals surface area contributed by atoms with E-state index in [1.165, 1.54) is 58.8 Å². The number of aromatic nitrogens is 3. The van der Waals surface area contributed by atoms with Crippen LogP contribution < -0.4 is 15.6 Å². The average molecular weight is 434 g/mol. The molecule has 0 saturated heterocycles. The summed E-state index contributed by atoms with van der Waals surface area (Å²) in [5.41, 5.74) is 0.803. The van der Waals surface area contributed by atoms with Crippen molar-refractivity contribution in [1.82, 2.24) is 14.5 Å². The summed E-state index contributed by atoms with van der Waals surface area (Å²) in [6, 6.07) is 7.11. The van der Waals surface area contributed by atoms with Gasteiger partial charge in [0, 0.05) is 29.0 Å². The SMILES string of the molecule is CCCc1cc(=O)n(CC(=O)Nc2ccc(S(=O)(=O)Nc3nccs3)cc2)cn1. The number of thiazole rings is 1. The molecule has 0 bridgehead atoms. The van der Waals surface area contributed by atoms with E-state index >= 15 is 0 Å². The number of hydrogen-bond acceptors (Lipinski definition) is 7. The van der Waals surface area contributed by atoms with Crippen molar-refractivity contribution < 1.29 is 13.2 Å². The van der Waals surface area contributed by atoms with Gasteiger partial charge in [-0.3, -0.25) is 18.9 Å². The van der Waals surface area contributed by atoms with E-state index in [0.717, 1.165) is 6.42 Å². The van der Waals surface area contributed by atoms with Crippen molar-refractivity contribution in [3.05, 3.63) is 64.3 Å². The Balaban J connectivity index is 1.63. The van der Waals surface area contributed by atoms with Crippen molar-refractivity contribution in [1.29, 1.82) is 0 Å². The van der Waals surface area contributed by atoms with Gasteiger partial charge in [-0.05, 0) is 30.7 Å². The van der Waals surface area contributed by atoms with Gasteiger partial charge in [0.1, 0.15) is 6.54 Å². The number of aryl methyl sites for hydroxylation is 1.